The van der Waals surface area contributed by atoms with Crippen molar-refractivity contribution in [1.29, 1.82) is 0 Å². The van der Waals surface area contributed by atoms with E-state index < -0.39 is 17.9 Å². The zero-order valence-corrected chi connectivity index (χ0v) is 23.5. The third-order valence-electron chi connectivity index (χ3n) is 7.44. The first-order chi connectivity index (χ1) is 19.2. The number of nitrogens with one attached hydrogen (secondary N) is 3. The van der Waals surface area contributed by atoms with Crippen LogP contribution in [0.5, 0.6) is 0 Å². The SMILES string of the molecule is CC(c1c[nH]c2ccccc12)C(NC(=O)Nc1ccc(F)cc1)C(=O)N1C[C@@H](CN(C)C)Cc2cc(Cl)ccc21. The number of rotatable bonds is 7. The minimum atomic E-state index is -0.888. The van der Waals surface area contributed by atoms with E-state index >= 15 is 0 Å². The van der Waals surface area contributed by atoms with Crippen molar-refractivity contribution < 1.29 is 14.0 Å². The van der Waals surface area contributed by atoms with Crippen LogP contribution in [-0.2, 0) is 11.2 Å². The maximum absolute atomic E-state index is 14.5. The number of H-pyrrole nitrogens is 1. The number of halogens is 2. The van der Waals surface area contributed by atoms with E-state index in [2.05, 4.69) is 20.5 Å². The molecule has 0 fully saturated rings. The summed E-state index contributed by atoms with van der Waals surface area (Å²) in [4.78, 5) is 34.9. The van der Waals surface area contributed by atoms with Gasteiger partial charge in [-0.15, -0.1) is 0 Å². The molecule has 2 unspecified atom stereocenters. The molecule has 0 saturated carbocycles. The number of aromatic nitrogens is 1. The van der Waals surface area contributed by atoms with E-state index in [1.807, 2.05) is 63.6 Å². The van der Waals surface area contributed by atoms with Crippen molar-refractivity contribution in [3.8, 4) is 0 Å². The second kappa shape index (κ2) is 11.7. The molecule has 3 N–H and O–H groups in total. The molecule has 0 saturated heterocycles. The largest absolute Gasteiger partial charge is 0.361 e. The first kappa shape index (κ1) is 27.7. The van der Waals surface area contributed by atoms with E-state index in [9.17, 15) is 14.0 Å². The Kier molecular flexibility index (Phi) is 8.09. The van der Waals surface area contributed by atoms with Gasteiger partial charge >= 0.3 is 6.03 Å². The fourth-order valence-corrected chi connectivity index (χ4v) is 5.82. The van der Waals surface area contributed by atoms with Crippen molar-refractivity contribution in [2.75, 3.05) is 37.4 Å². The Morgan fingerprint density at radius 1 is 1.12 bits per heavy atom. The number of hydrogen-bond donors (Lipinski definition) is 3. The predicted octanol–water partition coefficient (Wildman–Crippen LogP) is 6.02. The first-order valence-corrected chi connectivity index (χ1v) is 13.7. The van der Waals surface area contributed by atoms with Gasteiger partial charge in [-0.3, -0.25) is 4.79 Å². The number of benzene rings is 3. The number of amides is 3. The molecule has 3 amide bonds. The Morgan fingerprint density at radius 3 is 2.62 bits per heavy atom. The number of aromatic amines is 1. The topological polar surface area (TPSA) is 80.5 Å². The van der Waals surface area contributed by atoms with Crippen LogP contribution in [0.4, 0.5) is 20.6 Å². The molecule has 2 heterocycles. The van der Waals surface area contributed by atoms with Gasteiger partial charge in [0, 0.05) is 52.5 Å². The average Bonchev–Trinajstić information content (AvgIpc) is 3.35. The van der Waals surface area contributed by atoms with E-state index in [0.717, 1.165) is 40.7 Å². The highest BCUT2D eigenvalue weighted by Gasteiger charge is 2.37. The second-order valence-corrected chi connectivity index (χ2v) is 11.2. The summed E-state index contributed by atoms with van der Waals surface area (Å²) in [6, 6.07) is 17.5. The molecule has 7 nitrogen and oxygen atoms in total. The zero-order chi connectivity index (χ0) is 28.4. The van der Waals surface area contributed by atoms with Gasteiger partial charge in [-0.25, -0.2) is 9.18 Å². The molecule has 1 aliphatic rings. The maximum atomic E-state index is 14.5. The quantitative estimate of drug-likeness (QED) is 0.258. The molecule has 5 rings (SSSR count). The molecule has 40 heavy (non-hydrogen) atoms. The van der Waals surface area contributed by atoms with Crippen molar-refractivity contribution in [3.05, 3.63) is 94.9 Å². The highest BCUT2D eigenvalue weighted by molar-refractivity contribution is 6.30. The number of para-hydroxylation sites is 1. The normalized spacial score (nSPS) is 16.4. The molecule has 4 aromatic rings. The van der Waals surface area contributed by atoms with Crippen molar-refractivity contribution >= 4 is 45.8 Å². The van der Waals surface area contributed by atoms with Crippen LogP contribution in [0.2, 0.25) is 5.02 Å². The molecule has 1 aromatic heterocycles. The van der Waals surface area contributed by atoms with E-state index in [4.69, 9.17) is 11.6 Å². The number of fused-ring (bicyclic) bond motifs is 2. The van der Waals surface area contributed by atoms with Gasteiger partial charge in [0.25, 0.3) is 0 Å². The van der Waals surface area contributed by atoms with Crippen LogP contribution in [0, 0.1) is 11.7 Å². The summed E-state index contributed by atoms with van der Waals surface area (Å²) < 4.78 is 13.4. The van der Waals surface area contributed by atoms with Crippen molar-refractivity contribution in [2.24, 2.45) is 5.92 Å². The monoisotopic (exact) mass is 561 g/mol. The van der Waals surface area contributed by atoms with Gasteiger partial charge in [-0.1, -0.05) is 36.7 Å². The highest BCUT2D eigenvalue weighted by atomic mass is 35.5. The molecule has 3 aromatic carbocycles. The minimum absolute atomic E-state index is 0.196. The molecular formula is C31H33ClFN5O2. The molecule has 1 aliphatic heterocycles. The fraction of sp³-hybridized carbons (Fsp3) is 0.290. The Morgan fingerprint density at radius 2 is 1.88 bits per heavy atom. The lowest BCUT2D eigenvalue weighted by Crippen LogP contribution is -2.54. The number of carbonyl (C=O) groups is 2. The van der Waals surface area contributed by atoms with Gasteiger partial charge in [0.2, 0.25) is 5.91 Å². The third kappa shape index (κ3) is 5.98. The Bertz CT molecular complexity index is 1520. The van der Waals surface area contributed by atoms with Crippen LogP contribution >= 0.6 is 11.6 Å². The zero-order valence-electron chi connectivity index (χ0n) is 22.7. The number of hydrogen-bond acceptors (Lipinski definition) is 3. The number of anilines is 2. The Hall–Kier alpha value is -3.88. The van der Waals surface area contributed by atoms with Crippen LogP contribution in [0.1, 0.15) is 24.0 Å². The third-order valence-corrected chi connectivity index (χ3v) is 7.67. The van der Waals surface area contributed by atoms with Crippen LogP contribution in [-0.4, -0.2) is 55.0 Å². The van der Waals surface area contributed by atoms with Gasteiger partial charge < -0.3 is 25.4 Å². The Labute approximate surface area is 238 Å². The average molecular weight is 562 g/mol. The molecular weight excluding hydrogens is 529 g/mol. The molecule has 0 bridgehead atoms. The molecule has 208 valence electrons. The number of nitrogens with zero attached hydrogens (tertiary/aromatic N) is 2. The molecule has 0 aliphatic carbocycles. The van der Waals surface area contributed by atoms with E-state index in [1.165, 1.54) is 24.3 Å². The Balaban J connectivity index is 1.50. The standard InChI is InChI=1S/C31H33ClFN5O2/c1-19(26-16-34-27-7-5-4-6-25(26)27)29(36-31(40)35-24-11-9-23(33)10-12-24)30(39)38-18-20(17-37(2)3)14-21-15-22(32)8-13-28(21)38/h4-13,15-16,19-20,29,34H,14,17-18H2,1-3H3,(H2,35,36,40)/t19?,20-,29?/m1/s1. The summed E-state index contributed by atoms with van der Waals surface area (Å²) in [5.41, 5.74) is 4.12. The van der Waals surface area contributed by atoms with Gasteiger partial charge in [-0.2, -0.15) is 0 Å². The molecule has 3 atom stereocenters. The summed E-state index contributed by atoms with van der Waals surface area (Å²) in [5, 5.41) is 7.29. The minimum Gasteiger partial charge on any atom is -0.361 e. The predicted molar refractivity (Wildman–Crippen MR) is 159 cm³/mol. The summed E-state index contributed by atoms with van der Waals surface area (Å²) in [7, 11) is 4.03. The van der Waals surface area contributed by atoms with Crippen LogP contribution in [0.15, 0.2) is 72.9 Å². The molecule has 0 spiro atoms. The van der Waals surface area contributed by atoms with Gasteiger partial charge in [0.15, 0.2) is 0 Å². The summed E-state index contributed by atoms with van der Waals surface area (Å²) in [6.45, 7) is 3.27. The summed E-state index contributed by atoms with van der Waals surface area (Å²) in [5.74, 6) is -0.781. The van der Waals surface area contributed by atoms with Gasteiger partial charge in [-0.05, 0) is 86.1 Å². The van der Waals surface area contributed by atoms with Gasteiger partial charge in [0.05, 0.1) is 0 Å². The van der Waals surface area contributed by atoms with Crippen LogP contribution in [0.3, 0.4) is 0 Å². The lowest BCUT2D eigenvalue weighted by molar-refractivity contribution is -0.121. The number of carbonyl (C=O) groups excluding carboxylic acids is 2. The first-order valence-electron chi connectivity index (χ1n) is 13.3. The second-order valence-electron chi connectivity index (χ2n) is 10.7. The highest BCUT2D eigenvalue weighted by Crippen LogP contribution is 2.35. The van der Waals surface area contributed by atoms with E-state index in [-0.39, 0.29) is 17.7 Å². The fourth-order valence-electron chi connectivity index (χ4n) is 5.62. The van der Waals surface area contributed by atoms with Crippen molar-refractivity contribution in [2.45, 2.75) is 25.3 Å². The van der Waals surface area contributed by atoms with Crippen molar-refractivity contribution in [1.82, 2.24) is 15.2 Å². The van der Waals surface area contributed by atoms with Crippen LogP contribution in [0.25, 0.3) is 10.9 Å². The van der Waals surface area contributed by atoms with Gasteiger partial charge in [0.1, 0.15) is 11.9 Å². The smallest absolute Gasteiger partial charge is 0.319 e. The number of urea groups is 1. The van der Waals surface area contributed by atoms with Crippen LogP contribution < -0.4 is 15.5 Å². The molecule has 9 heteroatoms. The summed E-state index contributed by atoms with van der Waals surface area (Å²) >= 11 is 6.34. The lowest BCUT2D eigenvalue weighted by Gasteiger charge is -2.38. The van der Waals surface area contributed by atoms with E-state index in [1.54, 1.807) is 11.0 Å². The van der Waals surface area contributed by atoms with Crippen molar-refractivity contribution in [3.63, 3.8) is 0 Å². The molecule has 0 radical (unpaired) electrons. The summed E-state index contributed by atoms with van der Waals surface area (Å²) in [6.07, 6.45) is 2.70. The van der Waals surface area contributed by atoms with E-state index in [0.29, 0.717) is 17.3 Å². The lowest BCUT2D eigenvalue weighted by atomic mass is 9.88. The maximum Gasteiger partial charge on any atom is 0.319 e.